The van der Waals surface area contributed by atoms with E-state index in [9.17, 15) is 18.5 Å². The van der Waals surface area contributed by atoms with Crippen molar-refractivity contribution in [1.29, 1.82) is 0 Å². The zero-order valence-corrected chi connectivity index (χ0v) is 14.1. The van der Waals surface area contributed by atoms with Crippen LogP contribution in [0.25, 0.3) is 5.69 Å². The molecule has 0 fully saturated rings. The van der Waals surface area contributed by atoms with E-state index in [2.05, 4.69) is 15.5 Å². The molecule has 0 aliphatic carbocycles. The average Bonchev–Trinajstić information content (AvgIpc) is 3.31. The van der Waals surface area contributed by atoms with E-state index < -0.39 is 14.9 Å². The highest BCUT2D eigenvalue weighted by Gasteiger charge is 2.32. The summed E-state index contributed by atoms with van der Waals surface area (Å²) in [7, 11) is -3.88. The second-order valence-corrected chi connectivity index (χ2v) is 7.51. The van der Waals surface area contributed by atoms with Crippen molar-refractivity contribution in [1.82, 2.24) is 20.2 Å². The smallest absolute Gasteiger partial charge is 0.265 e. The second kappa shape index (κ2) is 5.88. The van der Waals surface area contributed by atoms with Crippen LogP contribution in [0, 0.1) is 10.1 Å². The molecule has 0 saturated carbocycles. The van der Waals surface area contributed by atoms with Crippen LogP contribution in [0.15, 0.2) is 53.7 Å². The minimum Gasteiger partial charge on any atom is -0.265 e. The van der Waals surface area contributed by atoms with Gasteiger partial charge < -0.3 is 0 Å². The minimum absolute atomic E-state index is 0.0601. The summed E-state index contributed by atoms with van der Waals surface area (Å²) in [5.74, 6) is 0. The number of aromatic nitrogens is 4. The van der Waals surface area contributed by atoms with Crippen molar-refractivity contribution >= 4 is 21.4 Å². The maximum Gasteiger partial charge on any atom is 0.271 e. The first-order chi connectivity index (χ1) is 12.5. The fourth-order valence-corrected chi connectivity index (χ4v) is 4.43. The highest BCUT2D eigenvalue weighted by Crippen LogP contribution is 2.35. The third-order valence-corrected chi connectivity index (χ3v) is 5.96. The number of non-ortho nitro benzene ring substituents is 1. The summed E-state index contributed by atoms with van der Waals surface area (Å²) in [6.45, 7) is 0.230. The van der Waals surface area contributed by atoms with E-state index in [1.807, 2.05) is 0 Å². The molecule has 26 heavy (non-hydrogen) atoms. The normalized spacial score (nSPS) is 13.6. The first-order valence-electron chi connectivity index (χ1n) is 7.60. The molecule has 2 aromatic carbocycles. The monoisotopic (exact) mass is 372 g/mol. The molecular formula is C15H12N6O4S. The predicted octanol–water partition coefficient (Wildman–Crippen LogP) is 1.32. The van der Waals surface area contributed by atoms with Gasteiger partial charge in [-0.2, -0.15) is 0 Å². The lowest BCUT2D eigenvalue weighted by molar-refractivity contribution is -0.384. The number of anilines is 1. The molecule has 0 spiro atoms. The molecule has 0 N–H and O–H groups in total. The fraction of sp³-hybridized carbons (Fsp3) is 0.133. The van der Waals surface area contributed by atoms with Crippen LogP contribution in [-0.2, 0) is 16.4 Å². The van der Waals surface area contributed by atoms with Gasteiger partial charge in [0.25, 0.3) is 15.7 Å². The molecule has 0 unspecified atom stereocenters. The Kier molecular flexibility index (Phi) is 3.65. The molecule has 0 bridgehead atoms. The van der Waals surface area contributed by atoms with Gasteiger partial charge in [0.1, 0.15) is 6.33 Å². The Morgan fingerprint density at radius 3 is 2.73 bits per heavy atom. The topological polar surface area (TPSA) is 124 Å². The number of sulfonamides is 1. The summed E-state index contributed by atoms with van der Waals surface area (Å²) in [5, 5.41) is 21.8. The van der Waals surface area contributed by atoms with Gasteiger partial charge in [-0.25, -0.2) is 13.1 Å². The summed E-state index contributed by atoms with van der Waals surface area (Å²) in [6, 6.07) is 10.5. The van der Waals surface area contributed by atoms with Crippen molar-refractivity contribution in [3.63, 3.8) is 0 Å². The molecule has 0 radical (unpaired) electrons. The quantitative estimate of drug-likeness (QED) is 0.499. The van der Waals surface area contributed by atoms with Crippen LogP contribution in [0.5, 0.6) is 0 Å². The van der Waals surface area contributed by atoms with Crippen molar-refractivity contribution in [2.75, 3.05) is 10.8 Å². The number of tetrazole rings is 1. The molecular weight excluding hydrogens is 360 g/mol. The Morgan fingerprint density at radius 1 is 1.15 bits per heavy atom. The number of fused-ring (bicyclic) bond motifs is 1. The van der Waals surface area contributed by atoms with Gasteiger partial charge in [0, 0.05) is 18.7 Å². The van der Waals surface area contributed by atoms with Gasteiger partial charge in [0.15, 0.2) is 0 Å². The van der Waals surface area contributed by atoms with Crippen LogP contribution in [0.4, 0.5) is 11.4 Å². The van der Waals surface area contributed by atoms with Crippen molar-refractivity contribution in [3.05, 3.63) is 64.5 Å². The predicted molar refractivity (Wildman–Crippen MR) is 90.5 cm³/mol. The highest BCUT2D eigenvalue weighted by atomic mass is 32.2. The second-order valence-electron chi connectivity index (χ2n) is 5.65. The molecule has 0 atom stereocenters. The molecule has 2 heterocycles. The molecule has 0 amide bonds. The lowest BCUT2D eigenvalue weighted by Crippen LogP contribution is -2.29. The molecule has 4 rings (SSSR count). The largest absolute Gasteiger partial charge is 0.271 e. The van der Waals surface area contributed by atoms with Crippen molar-refractivity contribution in [2.45, 2.75) is 11.3 Å². The first-order valence-corrected chi connectivity index (χ1v) is 9.04. The highest BCUT2D eigenvalue weighted by molar-refractivity contribution is 7.92. The molecule has 3 aromatic rings. The van der Waals surface area contributed by atoms with Gasteiger partial charge in [-0.3, -0.25) is 14.4 Å². The van der Waals surface area contributed by atoms with E-state index in [1.165, 1.54) is 39.6 Å². The van der Waals surface area contributed by atoms with Crippen LogP contribution in [-0.4, -0.2) is 40.1 Å². The van der Waals surface area contributed by atoms with E-state index in [0.29, 0.717) is 17.8 Å². The van der Waals surface area contributed by atoms with Crippen LogP contribution in [0.3, 0.4) is 0 Å². The summed E-state index contributed by atoms with van der Waals surface area (Å²) in [4.78, 5) is 10.5. The Balaban J connectivity index is 1.77. The molecule has 1 aliphatic heterocycles. The molecule has 132 valence electrons. The van der Waals surface area contributed by atoms with Gasteiger partial charge in [-0.05, 0) is 40.6 Å². The number of hydrogen-bond donors (Lipinski definition) is 0. The van der Waals surface area contributed by atoms with Gasteiger partial charge in [0.05, 0.1) is 21.2 Å². The van der Waals surface area contributed by atoms with Crippen molar-refractivity contribution < 1.29 is 13.3 Å². The van der Waals surface area contributed by atoms with E-state index in [0.717, 1.165) is 5.56 Å². The lowest BCUT2D eigenvalue weighted by Gasteiger charge is -2.19. The lowest BCUT2D eigenvalue weighted by atomic mass is 10.1. The minimum atomic E-state index is -3.88. The Labute approximate surface area is 147 Å². The Morgan fingerprint density at radius 2 is 2.00 bits per heavy atom. The van der Waals surface area contributed by atoms with E-state index in [-0.39, 0.29) is 17.1 Å². The molecule has 1 aliphatic rings. The van der Waals surface area contributed by atoms with Crippen molar-refractivity contribution in [2.24, 2.45) is 0 Å². The molecule has 11 heteroatoms. The van der Waals surface area contributed by atoms with Gasteiger partial charge in [-0.15, -0.1) is 5.10 Å². The number of rotatable bonds is 4. The number of benzene rings is 2. The zero-order valence-electron chi connectivity index (χ0n) is 13.3. The fourth-order valence-electron chi connectivity index (χ4n) is 2.89. The number of nitro benzene ring substituents is 1. The third kappa shape index (κ3) is 2.58. The summed E-state index contributed by atoms with van der Waals surface area (Å²) in [5.41, 5.74) is 1.45. The zero-order chi connectivity index (χ0) is 18.3. The maximum absolute atomic E-state index is 13.1. The maximum atomic E-state index is 13.1. The number of nitrogens with zero attached hydrogens (tertiary/aromatic N) is 6. The number of hydrogen-bond acceptors (Lipinski definition) is 7. The van der Waals surface area contributed by atoms with Gasteiger partial charge >= 0.3 is 0 Å². The van der Waals surface area contributed by atoms with Crippen LogP contribution >= 0.6 is 0 Å². The van der Waals surface area contributed by atoms with E-state index >= 15 is 0 Å². The average molecular weight is 372 g/mol. The van der Waals surface area contributed by atoms with Crippen LogP contribution < -0.4 is 4.31 Å². The third-order valence-electron chi connectivity index (χ3n) is 4.15. The van der Waals surface area contributed by atoms with Crippen LogP contribution in [0.2, 0.25) is 0 Å². The van der Waals surface area contributed by atoms with Gasteiger partial charge in [0.2, 0.25) is 0 Å². The SMILES string of the molecule is O=[N+]([O-])c1ccc2c(c1)N(S(=O)(=O)c1cccc(-n3cnnn3)c1)CC2. The molecule has 0 saturated heterocycles. The first kappa shape index (κ1) is 16.1. The van der Waals surface area contributed by atoms with Crippen molar-refractivity contribution in [3.8, 4) is 5.69 Å². The standard InChI is InChI=1S/C15H12N6O4S/c22-21(23)13-5-4-11-6-7-20(15(11)9-13)26(24,25)14-3-1-2-12(8-14)19-10-16-17-18-19/h1-5,8-10H,6-7H2. The molecule has 1 aromatic heterocycles. The van der Waals surface area contributed by atoms with E-state index in [4.69, 9.17) is 0 Å². The summed E-state index contributed by atoms with van der Waals surface area (Å²) in [6.07, 6.45) is 1.86. The Hall–Kier alpha value is -3.34. The number of nitro groups is 1. The Bertz CT molecular complexity index is 1100. The summed E-state index contributed by atoms with van der Waals surface area (Å²) >= 11 is 0. The van der Waals surface area contributed by atoms with Gasteiger partial charge in [-0.1, -0.05) is 12.1 Å². The van der Waals surface area contributed by atoms with Crippen LogP contribution in [0.1, 0.15) is 5.56 Å². The summed E-state index contributed by atoms with van der Waals surface area (Å²) < 4.78 is 28.7. The van der Waals surface area contributed by atoms with E-state index in [1.54, 1.807) is 18.2 Å². The molecule has 10 nitrogen and oxygen atoms in total.